The highest BCUT2D eigenvalue weighted by molar-refractivity contribution is 6.06. The third-order valence-corrected chi connectivity index (χ3v) is 5.08. The second kappa shape index (κ2) is 9.86. The van der Waals surface area contributed by atoms with Crippen molar-refractivity contribution in [1.29, 1.82) is 0 Å². The van der Waals surface area contributed by atoms with Crippen molar-refractivity contribution in [3.63, 3.8) is 0 Å². The largest absolute Gasteiger partial charge is 0.324 e. The number of amides is 2. The molecule has 33 heavy (non-hydrogen) atoms. The van der Waals surface area contributed by atoms with Crippen LogP contribution >= 0.6 is 0 Å². The summed E-state index contributed by atoms with van der Waals surface area (Å²) in [6.45, 7) is 3.93. The molecule has 2 N–H and O–H groups in total. The van der Waals surface area contributed by atoms with Crippen molar-refractivity contribution in [2.24, 2.45) is 0 Å². The topological polar surface area (TPSA) is 102 Å². The van der Waals surface area contributed by atoms with E-state index in [0.717, 1.165) is 12.0 Å². The first-order chi connectivity index (χ1) is 16.0. The van der Waals surface area contributed by atoms with Crippen molar-refractivity contribution in [3.05, 3.63) is 89.5 Å². The van der Waals surface area contributed by atoms with Gasteiger partial charge in [0.2, 0.25) is 11.7 Å². The van der Waals surface area contributed by atoms with Crippen LogP contribution in [-0.2, 0) is 17.8 Å². The minimum Gasteiger partial charge on any atom is -0.324 e. The van der Waals surface area contributed by atoms with Crippen LogP contribution in [-0.4, -0.2) is 32.0 Å². The van der Waals surface area contributed by atoms with Crippen LogP contribution in [0.2, 0.25) is 0 Å². The fourth-order valence-electron chi connectivity index (χ4n) is 3.34. The lowest BCUT2D eigenvalue weighted by Crippen LogP contribution is -2.20. The average Bonchev–Trinajstić information content (AvgIpc) is 3.28. The van der Waals surface area contributed by atoms with Gasteiger partial charge in [0.05, 0.1) is 5.69 Å². The summed E-state index contributed by atoms with van der Waals surface area (Å²) in [6.07, 6.45) is 0.937. The van der Waals surface area contributed by atoms with Crippen LogP contribution < -0.4 is 10.6 Å². The van der Waals surface area contributed by atoms with Gasteiger partial charge in [0.1, 0.15) is 6.54 Å². The van der Waals surface area contributed by atoms with E-state index in [-0.39, 0.29) is 18.4 Å². The number of carbonyl (C=O) groups is 2. The second-order valence-electron chi connectivity index (χ2n) is 7.61. The fourth-order valence-corrected chi connectivity index (χ4v) is 3.34. The molecule has 8 heteroatoms. The van der Waals surface area contributed by atoms with Crippen LogP contribution in [0, 0.1) is 6.92 Å². The van der Waals surface area contributed by atoms with E-state index in [1.165, 1.54) is 10.4 Å². The molecule has 0 saturated heterocycles. The van der Waals surface area contributed by atoms with Gasteiger partial charge in [-0.05, 0) is 60.5 Å². The monoisotopic (exact) mass is 440 g/mol. The molecule has 8 nitrogen and oxygen atoms in total. The normalized spacial score (nSPS) is 10.6. The van der Waals surface area contributed by atoms with Gasteiger partial charge in [0.25, 0.3) is 5.91 Å². The number of carbonyl (C=O) groups excluding carboxylic acids is 2. The number of nitrogens with one attached hydrogen (secondary N) is 2. The van der Waals surface area contributed by atoms with E-state index in [1.807, 2.05) is 61.5 Å². The zero-order valence-electron chi connectivity index (χ0n) is 18.4. The van der Waals surface area contributed by atoms with E-state index in [1.54, 1.807) is 18.2 Å². The molecule has 2 amide bonds. The van der Waals surface area contributed by atoms with Crippen LogP contribution in [0.5, 0.6) is 0 Å². The van der Waals surface area contributed by atoms with Crippen molar-refractivity contribution in [3.8, 4) is 11.4 Å². The molecule has 0 aliphatic rings. The Hall–Kier alpha value is -4.33. The second-order valence-corrected chi connectivity index (χ2v) is 7.61. The summed E-state index contributed by atoms with van der Waals surface area (Å²) < 4.78 is 0. The maximum absolute atomic E-state index is 12.7. The summed E-state index contributed by atoms with van der Waals surface area (Å²) in [5, 5.41) is 18.1. The molecule has 4 rings (SSSR count). The molecule has 3 aromatic carbocycles. The lowest BCUT2D eigenvalue weighted by Gasteiger charge is -2.09. The Morgan fingerprint density at radius 2 is 1.73 bits per heavy atom. The SMILES string of the molecule is CCc1ccc(NC(=O)Cn2nnc(-c3ccccc3NC(=O)c3cccc(C)c3)n2)cc1. The van der Waals surface area contributed by atoms with E-state index in [2.05, 4.69) is 33.0 Å². The molecule has 0 atom stereocenters. The van der Waals surface area contributed by atoms with E-state index >= 15 is 0 Å². The lowest BCUT2D eigenvalue weighted by atomic mass is 10.1. The van der Waals surface area contributed by atoms with Crippen molar-refractivity contribution in [2.45, 2.75) is 26.8 Å². The lowest BCUT2D eigenvalue weighted by molar-refractivity contribution is -0.117. The van der Waals surface area contributed by atoms with Gasteiger partial charge < -0.3 is 10.6 Å². The summed E-state index contributed by atoms with van der Waals surface area (Å²) in [6, 6.07) is 22.2. The van der Waals surface area contributed by atoms with E-state index in [4.69, 9.17) is 0 Å². The maximum Gasteiger partial charge on any atom is 0.255 e. The number of hydrogen-bond acceptors (Lipinski definition) is 5. The number of aromatic nitrogens is 4. The first-order valence-electron chi connectivity index (χ1n) is 10.7. The van der Waals surface area contributed by atoms with Crippen LogP contribution in [0.25, 0.3) is 11.4 Å². The van der Waals surface area contributed by atoms with E-state index < -0.39 is 0 Å². The quantitative estimate of drug-likeness (QED) is 0.450. The molecular formula is C25H24N6O2. The Bertz CT molecular complexity index is 1280. The maximum atomic E-state index is 12.7. The van der Waals surface area contributed by atoms with Crippen molar-refractivity contribution < 1.29 is 9.59 Å². The van der Waals surface area contributed by atoms with Crippen molar-refractivity contribution in [1.82, 2.24) is 20.2 Å². The average molecular weight is 441 g/mol. The molecular weight excluding hydrogens is 416 g/mol. The molecule has 0 saturated carbocycles. The molecule has 0 unspecified atom stereocenters. The van der Waals surface area contributed by atoms with Crippen molar-refractivity contribution >= 4 is 23.2 Å². The molecule has 0 fully saturated rings. The zero-order chi connectivity index (χ0) is 23.2. The highest BCUT2D eigenvalue weighted by Crippen LogP contribution is 2.25. The molecule has 0 aliphatic carbocycles. The van der Waals surface area contributed by atoms with Crippen LogP contribution in [0.3, 0.4) is 0 Å². The third-order valence-electron chi connectivity index (χ3n) is 5.08. The molecule has 1 aromatic heterocycles. The van der Waals surface area contributed by atoms with Gasteiger partial charge in [-0.25, -0.2) is 0 Å². The first kappa shape index (κ1) is 21.9. The number of rotatable bonds is 7. The number of hydrogen-bond donors (Lipinski definition) is 2. The van der Waals surface area contributed by atoms with E-state index in [0.29, 0.717) is 28.3 Å². The zero-order valence-corrected chi connectivity index (χ0v) is 18.4. The predicted octanol–water partition coefficient (Wildman–Crippen LogP) is 4.10. The Morgan fingerprint density at radius 3 is 2.48 bits per heavy atom. The highest BCUT2D eigenvalue weighted by Gasteiger charge is 2.15. The standard InChI is InChI=1S/C25H24N6O2/c1-3-18-11-13-20(14-12-18)26-23(32)16-31-29-24(28-30-31)21-9-4-5-10-22(21)27-25(33)19-8-6-7-17(2)15-19/h4-15H,3,16H2,1-2H3,(H,26,32)(H,27,33). The Kier molecular flexibility index (Phi) is 6.54. The minimum absolute atomic E-state index is 0.0830. The summed E-state index contributed by atoms with van der Waals surface area (Å²) in [7, 11) is 0. The number of benzene rings is 3. The Morgan fingerprint density at radius 1 is 0.939 bits per heavy atom. The molecule has 166 valence electrons. The molecule has 0 bridgehead atoms. The summed E-state index contributed by atoms with van der Waals surface area (Å²) in [5.74, 6) is -0.175. The van der Waals surface area contributed by atoms with Crippen molar-refractivity contribution in [2.75, 3.05) is 10.6 Å². The Balaban J connectivity index is 1.46. The molecule has 0 radical (unpaired) electrons. The number of anilines is 2. The van der Waals surface area contributed by atoms with Gasteiger partial charge in [-0.1, -0.05) is 48.9 Å². The highest BCUT2D eigenvalue weighted by atomic mass is 16.2. The molecule has 1 heterocycles. The van der Waals surface area contributed by atoms with Gasteiger partial charge >= 0.3 is 0 Å². The van der Waals surface area contributed by atoms with Crippen LogP contribution in [0.15, 0.2) is 72.8 Å². The smallest absolute Gasteiger partial charge is 0.255 e. The van der Waals surface area contributed by atoms with Crippen LogP contribution in [0.1, 0.15) is 28.4 Å². The number of nitrogens with zero attached hydrogens (tertiary/aromatic N) is 4. The van der Waals surface area contributed by atoms with Gasteiger partial charge in [0.15, 0.2) is 0 Å². The third kappa shape index (κ3) is 5.48. The predicted molar refractivity (Wildman–Crippen MR) is 127 cm³/mol. The molecule has 0 aliphatic heterocycles. The van der Waals surface area contributed by atoms with Crippen LogP contribution in [0.4, 0.5) is 11.4 Å². The van der Waals surface area contributed by atoms with Gasteiger partial charge in [-0.3, -0.25) is 9.59 Å². The summed E-state index contributed by atoms with van der Waals surface area (Å²) >= 11 is 0. The van der Waals surface area contributed by atoms with Gasteiger partial charge in [0, 0.05) is 16.8 Å². The summed E-state index contributed by atoms with van der Waals surface area (Å²) in [4.78, 5) is 26.3. The number of tetrazole rings is 1. The Labute approximate surface area is 191 Å². The van der Waals surface area contributed by atoms with Gasteiger partial charge in [-0.15, -0.1) is 10.2 Å². The molecule has 4 aromatic rings. The number of aryl methyl sites for hydroxylation is 2. The summed E-state index contributed by atoms with van der Waals surface area (Å²) in [5.41, 5.74) is 4.64. The van der Waals surface area contributed by atoms with Gasteiger partial charge in [-0.2, -0.15) is 4.80 Å². The van der Waals surface area contributed by atoms with E-state index in [9.17, 15) is 9.59 Å². The first-order valence-corrected chi connectivity index (χ1v) is 10.7. The fraction of sp³-hybridized carbons (Fsp3) is 0.160. The number of para-hydroxylation sites is 1. The molecule has 0 spiro atoms. The minimum atomic E-state index is -0.260.